The Bertz CT molecular complexity index is 715. The minimum Gasteiger partial charge on any atom is -0.508 e. The fourth-order valence-electron chi connectivity index (χ4n) is 1.72. The molecule has 2 aromatic rings. The molecule has 0 spiro atoms. The topological polar surface area (TPSA) is 87.7 Å². The smallest absolute Gasteiger partial charge is 0.258 e. The van der Waals surface area contributed by atoms with Crippen LogP contribution in [0.3, 0.4) is 0 Å². The molecule has 2 rings (SSSR count). The highest BCUT2D eigenvalue weighted by Crippen LogP contribution is 2.17. The van der Waals surface area contributed by atoms with Crippen LogP contribution in [0.25, 0.3) is 0 Å². The quantitative estimate of drug-likeness (QED) is 0.751. The van der Waals surface area contributed by atoms with E-state index in [0.29, 0.717) is 5.75 Å². The number of amides is 2. The van der Waals surface area contributed by atoms with Crippen molar-refractivity contribution in [3.8, 4) is 11.5 Å². The number of ether oxygens (including phenoxy) is 1. The Labute approximate surface area is 136 Å². The maximum absolute atomic E-state index is 13.4. The molecule has 6 nitrogen and oxygen atoms in total. The summed E-state index contributed by atoms with van der Waals surface area (Å²) in [4.78, 5) is 23.2. The third-order valence-corrected chi connectivity index (χ3v) is 2.88. The molecule has 0 saturated heterocycles. The zero-order valence-corrected chi connectivity index (χ0v) is 12.4. The number of phenols is 1. The van der Waals surface area contributed by atoms with Crippen molar-refractivity contribution in [1.29, 1.82) is 0 Å². The van der Waals surface area contributed by atoms with Gasteiger partial charge in [0, 0.05) is 0 Å². The number of benzene rings is 2. The van der Waals surface area contributed by atoms with Crippen LogP contribution in [0.5, 0.6) is 11.5 Å². The summed E-state index contributed by atoms with van der Waals surface area (Å²) >= 11 is 0. The summed E-state index contributed by atoms with van der Waals surface area (Å²) in [6.45, 7) is -0.822. The molecule has 126 valence electrons. The second kappa shape index (κ2) is 7.91. The molecule has 0 fully saturated rings. The number of hydrogen-bond donors (Lipinski definition) is 3. The summed E-state index contributed by atoms with van der Waals surface area (Å²) in [7, 11) is 0. The monoisotopic (exact) mass is 336 g/mol. The lowest BCUT2D eigenvalue weighted by molar-refractivity contribution is -0.125. The number of para-hydroxylation sites is 1. The summed E-state index contributed by atoms with van der Waals surface area (Å²) in [6, 6.07) is 8.90. The van der Waals surface area contributed by atoms with Crippen LogP contribution in [0.15, 0.2) is 42.5 Å². The summed E-state index contributed by atoms with van der Waals surface area (Å²) in [5, 5.41) is 13.4. The fraction of sp³-hybridized carbons (Fsp3) is 0.125. The average molecular weight is 336 g/mol. The Morgan fingerprint density at radius 3 is 2.25 bits per heavy atom. The Kier molecular flexibility index (Phi) is 5.67. The van der Waals surface area contributed by atoms with Gasteiger partial charge in [-0.2, -0.15) is 0 Å². The van der Waals surface area contributed by atoms with Crippen LogP contribution in [0.1, 0.15) is 0 Å². The van der Waals surface area contributed by atoms with Gasteiger partial charge in [-0.15, -0.1) is 0 Å². The highest BCUT2D eigenvalue weighted by Gasteiger charge is 2.12. The van der Waals surface area contributed by atoms with Gasteiger partial charge in [0.1, 0.15) is 28.8 Å². The summed E-state index contributed by atoms with van der Waals surface area (Å²) in [5.41, 5.74) is -0.572. The number of hydrogen-bond acceptors (Lipinski definition) is 4. The molecule has 0 aliphatic carbocycles. The zero-order valence-electron chi connectivity index (χ0n) is 12.4. The van der Waals surface area contributed by atoms with E-state index in [1.165, 1.54) is 30.3 Å². The van der Waals surface area contributed by atoms with Crippen LogP contribution in [-0.2, 0) is 9.59 Å². The third kappa shape index (κ3) is 4.94. The van der Waals surface area contributed by atoms with E-state index in [4.69, 9.17) is 9.84 Å². The molecule has 2 amide bonds. The van der Waals surface area contributed by atoms with E-state index in [2.05, 4.69) is 5.32 Å². The van der Waals surface area contributed by atoms with Crippen molar-refractivity contribution in [3.63, 3.8) is 0 Å². The van der Waals surface area contributed by atoms with Gasteiger partial charge in [0.25, 0.3) is 5.91 Å². The molecule has 24 heavy (non-hydrogen) atoms. The third-order valence-electron chi connectivity index (χ3n) is 2.88. The Hall–Kier alpha value is -3.16. The number of anilines is 1. The first-order valence-corrected chi connectivity index (χ1v) is 6.88. The Morgan fingerprint density at radius 2 is 1.62 bits per heavy atom. The number of rotatable bonds is 6. The molecule has 0 atom stereocenters. The van der Waals surface area contributed by atoms with Crippen LogP contribution in [0, 0.1) is 11.6 Å². The number of nitrogens with one attached hydrogen (secondary N) is 2. The van der Waals surface area contributed by atoms with Crippen LogP contribution >= 0.6 is 0 Å². The van der Waals surface area contributed by atoms with E-state index < -0.39 is 35.7 Å². The highest BCUT2D eigenvalue weighted by molar-refractivity contribution is 5.94. The van der Waals surface area contributed by atoms with Gasteiger partial charge in [-0.05, 0) is 36.4 Å². The predicted molar refractivity (Wildman–Crippen MR) is 81.6 cm³/mol. The second-order valence-electron chi connectivity index (χ2n) is 4.70. The maximum Gasteiger partial charge on any atom is 0.258 e. The largest absolute Gasteiger partial charge is 0.508 e. The van der Waals surface area contributed by atoms with Gasteiger partial charge < -0.3 is 20.5 Å². The van der Waals surface area contributed by atoms with Crippen molar-refractivity contribution >= 4 is 17.5 Å². The van der Waals surface area contributed by atoms with E-state index in [1.807, 2.05) is 5.32 Å². The maximum atomic E-state index is 13.4. The lowest BCUT2D eigenvalue weighted by Crippen LogP contribution is -2.36. The summed E-state index contributed by atoms with van der Waals surface area (Å²) in [6.07, 6.45) is 0. The first-order chi connectivity index (χ1) is 11.5. The molecule has 0 aliphatic heterocycles. The van der Waals surface area contributed by atoms with Crippen LogP contribution in [0.2, 0.25) is 0 Å². The van der Waals surface area contributed by atoms with Gasteiger partial charge in [-0.1, -0.05) is 6.07 Å². The van der Waals surface area contributed by atoms with Gasteiger partial charge in [-0.3, -0.25) is 9.59 Å². The number of aromatic hydroxyl groups is 1. The fourth-order valence-corrected chi connectivity index (χ4v) is 1.72. The Balaban J connectivity index is 1.77. The van der Waals surface area contributed by atoms with Crippen molar-refractivity contribution in [1.82, 2.24) is 5.32 Å². The number of carbonyl (C=O) groups is 2. The van der Waals surface area contributed by atoms with Crippen molar-refractivity contribution in [3.05, 3.63) is 54.1 Å². The van der Waals surface area contributed by atoms with E-state index in [1.54, 1.807) is 0 Å². The minimum absolute atomic E-state index is 0.0591. The minimum atomic E-state index is -0.912. The highest BCUT2D eigenvalue weighted by atomic mass is 19.1. The predicted octanol–water partition coefficient (Wildman–Crippen LogP) is 1.80. The first kappa shape index (κ1) is 17.2. The van der Waals surface area contributed by atoms with Gasteiger partial charge in [0.2, 0.25) is 5.91 Å². The van der Waals surface area contributed by atoms with E-state index in [9.17, 15) is 18.4 Å². The average Bonchev–Trinajstić information content (AvgIpc) is 2.56. The summed E-state index contributed by atoms with van der Waals surface area (Å²) < 4.78 is 31.9. The number of carbonyl (C=O) groups excluding carboxylic acids is 2. The van der Waals surface area contributed by atoms with Crippen molar-refractivity contribution in [2.45, 2.75) is 0 Å². The second-order valence-corrected chi connectivity index (χ2v) is 4.70. The van der Waals surface area contributed by atoms with Crippen molar-refractivity contribution < 1.29 is 28.2 Å². The van der Waals surface area contributed by atoms with Crippen LogP contribution < -0.4 is 15.4 Å². The van der Waals surface area contributed by atoms with Crippen LogP contribution in [-0.4, -0.2) is 30.1 Å². The molecule has 0 heterocycles. The van der Waals surface area contributed by atoms with Crippen molar-refractivity contribution in [2.75, 3.05) is 18.5 Å². The molecular weight excluding hydrogens is 322 g/mol. The van der Waals surface area contributed by atoms with E-state index in [0.717, 1.165) is 12.1 Å². The molecule has 0 unspecified atom stereocenters. The molecule has 0 bridgehead atoms. The number of halogens is 2. The number of phenolic OH excluding ortho intramolecular Hbond substituents is 1. The zero-order chi connectivity index (χ0) is 17.5. The first-order valence-electron chi connectivity index (χ1n) is 6.88. The van der Waals surface area contributed by atoms with Gasteiger partial charge >= 0.3 is 0 Å². The molecule has 0 radical (unpaired) electrons. The molecule has 2 aromatic carbocycles. The van der Waals surface area contributed by atoms with E-state index >= 15 is 0 Å². The molecule has 8 heteroatoms. The molecular formula is C16H14F2N2O4. The summed E-state index contributed by atoms with van der Waals surface area (Å²) in [5.74, 6) is -2.77. The van der Waals surface area contributed by atoms with Crippen molar-refractivity contribution in [2.24, 2.45) is 0 Å². The standard InChI is InChI=1S/C16H14F2N2O4/c17-12-2-1-3-13(18)16(12)20-14(22)8-19-15(23)9-24-11-6-4-10(21)5-7-11/h1-7,21H,8-9H2,(H,19,23)(H,20,22). The molecule has 3 N–H and O–H groups in total. The lowest BCUT2D eigenvalue weighted by Gasteiger charge is -2.09. The molecule has 0 aliphatic rings. The van der Waals surface area contributed by atoms with Gasteiger partial charge in [0.05, 0.1) is 6.54 Å². The Morgan fingerprint density at radius 1 is 1.00 bits per heavy atom. The van der Waals surface area contributed by atoms with Gasteiger partial charge in [0.15, 0.2) is 6.61 Å². The normalized spacial score (nSPS) is 10.1. The van der Waals surface area contributed by atoms with E-state index in [-0.39, 0.29) is 12.4 Å². The van der Waals surface area contributed by atoms with Crippen LogP contribution in [0.4, 0.5) is 14.5 Å². The molecule has 0 aromatic heterocycles. The lowest BCUT2D eigenvalue weighted by atomic mass is 10.3. The SMILES string of the molecule is O=C(COc1ccc(O)cc1)NCC(=O)Nc1c(F)cccc1F. The molecule has 0 saturated carbocycles. The van der Waals surface area contributed by atoms with Gasteiger partial charge in [-0.25, -0.2) is 8.78 Å².